The van der Waals surface area contributed by atoms with E-state index >= 15 is 0 Å². The Kier molecular flexibility index (Phi) is 13.8. The van der Waals surface area contributed by atoms with Gasteiger partial charge in [0.15, 0.2) is 0 Å². The van der Waals surface area contributed by atoms with E-state index in [-0.39, 0.29) is 29.6 Å². The third-order valence-electron chi connectivity index (χ3n) is 2.17. The molecule has 0 saturated heterocycles. The molecule has 0 unspecified atom stereocenters. The molecule has 0 aliphatic rings. The second-order valence-corrected chi connectivity index (χ2v) is 5.46. The van der Waals surface area contributed by atoms with Gasteiger partial charge < -0.3 is 9.90 Å². The number of sulfonamides is 1. The first-order valence-electron chi connectivity index (χ1n) is 5.84. The van der Waals surface area contributed by atoms with Gasteiger partial charge in [-0.3, -0.25) is 0 Å². The Hall–Kier alpha value is 0.120. The summed E-state index contributed by atoms with van der Waals surface area (Å²) in [5.41, 5.74) is 0. The van der Waals surface area contributed by atoms with E-state index in [1.807, 2.05) is 4.72 Å². The molecule has 1 N–H and O–H groups in total. The van der Waals surface area contributed by atoms with Crippen molar-refractivity contribution in [3.63, 3.8) is 0 Å². The molecule has 7 heteroatoms. The molecule has 18 heavy (non-hydrogen) atoms. The first-order valence-corrected chi connectivity index (χ1v) is 7.38. The van der Waals surface area contributed by atoms with Crippen molar-refractivity contribution in [3.8, 4) is 0 Å². The van der Waals surface area contributed by atoms with E-state index in [0.29, 0.717) is 6.42 Å². The van der Waals surface area contributed by atoms with Gasteiger partial charge in [0.05, 0.1) is 12.5 Å². The monoisotopic (exact) mass is 285 g/mol. The topological polar surface area (TPSA) is 86.3 Å². The van der Waals surface area contributed by atoms with Crippen LogP contribution in [0, 0.1) is 0 Å². The molecule has 0 bridgehead atoms. The molecule has 0 aliphatic heterocycles. The van der Waals surface area contributed by atoms with E-state index in [2.05, 4.69) is 6.92 Å². The number of carboxylic acid groups (broad SMARTS) is 1. The Balaban J connectivity index is 0. The van der Waals surface area contributed by atoms with Crippen LogP contribution < -0.4 is 39.4 Å². The number of hydrogen-bond acceptors (Lipinski definition) is 4. The molecule has 0 fully saturated rings. The fourth-order valence-electron chi connectivity index (χ4n) is 1.27. The average Bonchev–Trinajstić information content (AvgIpc) is 2.25. The average molecular weight is 285 g/mol. The minimum Gasteiger partial charge on any atom is -0.549 e. The number of nitrogens with one attached hydrogen (secondary N) is 1. The maximum Gasteiger partial charge on any atom is 1.00 e. The second kappa shape index (κ2) is 12.2. The molecule has 0 aromatic heterocycles. The van der Waals surface area contributed by atoms with Gasteiger partial charge in [0.1, 0.15) is 0 Å². The largest absolute Gasteiger partial charge is 1.00 e. The summed E-state index contributed by atoms with van der Waals surface area (Å²) >= 11 is 0. The number of rotatable bonds is 10. The van der Waals surface area contributed by atoms with Crippen LogP contribution in [0.25, 0.3) is 0 Å². The van der Waals surface area contributed by atoms with Crippen molar-refractivity contribution in [2.75, 3.05) is 6.54 Å². The van der Waals surface area contributed by atoms with Gasteiger partial charge in [0.2, 0.25) is 10.0 Å². The Morgan fingerprint density at radius 3 is 2.39 bits per heavy atom. The zero-order valence-corrected chi connectivity index (χ0v) is 14.0. The van der Waals surface area contributed by atoms with Crippen LogP contribution in [0.3, 0.4) is 0 Å². The van der Waals surface area contributed by atoms with E-state index in [0.717, 1.165) is 18.2 Å². The molecule has 0 heterocycles. The Labute approximate surface area is 131 Å². The predicted molar refractivity (Wildman–Crippen MR) is 64.4 cm³/mol. The first kappa shape index (κ1) is 20.4. The molecule has 0 aromatic carbocycles. The number of aliphatic carboxylic acids is 1. The van der Waals surface area contributed by atoms with Crippen LogP contribution in [0.4, 0.5) is 0 Å². The maximum atomic E-state index is 11.2. The minimum atomic E-state index is -3.63. The predicted octanol–water partition coefficient (Wildman–Crippen LogP) is -2.47. The third-order valence-corrected chi connectivity index (χ3v) is 3.26. The van der Waals surface area contributed by atoms with Crippen LogP contribution in [0.2, 0.25) is 0 Å². The summed E-state index contributed by atoms with van der Waals surface area (Å²) in [5.74, 6) is -1.44. The van der Waals surface area contributed by atoms with Crippen LogP contribution in [-0.4, -0.2) is 20.9 Å². The number of carboxylic acids is 1. The molecule has 100 valence electrons. The van der Waals surface area contributed by atoms with E-state index in [1.54, 1.807) is 6.08 Å². The number of hydrogen-bond donors (Lipinski definition) is 1. The smallest absolute Gasteiger partial charge is 0.549 e. The zero-order chi connectivity index (χ0) is 13.1. The molecule has 0 spiro atoms. The van der Waals surface area contributed by atoms with Crippen LogP contribution in [-0.2, 0) is 14.8 Å². The quantitative estimate of drug-likeness (QED) is 0.356. The van der Waals surface area contributed by atoms with Gasteiger partial charge in [0.25, 0.3) is 0 Å². The molecule has 0 saturated carbocycles. The van der Waals surface area contributed by atoms with Crippen molar-refractivity contribution in [1.29, 1.82) is 0 Å². The number of allylic oxidation sites excluding steroid dienone is 1. The van der Waals surface area contributed by atoms with Gasteiger partial charge in [-0.2, -0.15) is 0 Å². The molecule has 5 nitrogen and oxygen atoms in total. The van der Waals surface area contributed by atoms with E-state index in [9.17, 15) is 18.3 Å². The fraction of sp³-hybridized carbons (Fsp3) is 0.727. The standard InChI is InChI=1S/C11H21NO4S.Na/c1-2-3-4-5-6-7-8-9-17(15,16)12-10-11(13)14;/h8-9,12H,2-7,10H2,1H3,(H,13,14);/q;+1/p-1/b9-8+;. The Bertz CT molecular complexity index is 341. The molecule has 0 amide bonds. The summed E-state index contributed by atoms with van der Waals surface area (Å²) in [6, 6.07) is 0. The Morgan fingerprint density at radius 2 is 1.83 bits per heavy atom. The van der Waals surface area contributed by atoms with Gasteiger partial charge in [-0.1, -0.05) is 38.7 Å². The van der Waals surface area contributed by atoms with Gasteiger partial charge >= 0.3 is 29.6 Å². The second-order valence-electron chi connectivity index (χ2n) is 3.81. The Morgan fingerprint density at radius 1 is 1.22 bits per heavy atom. The summed E-state index contributed by atoms with van der Waals surface area (Å²) in [6.07, 6.45) is 7.82. The normalized spacial score (nSPS) is 11.4. The van der Waals surface area contributed by atoms with Crippen molar-refractivity contribution < 1.29 is 47.9 Å². The van der Waals surface area contributed by atoms with Gasteiger partial charge in [-0.05, 0) is 12.8 Å². The van der Waals surface area contributed by atoms with Gasteiger partial charge in [-0.25, -0.2) is 13.1 Å². The molecular weight excluding hydrogens is 265 g/mol. The summed E-state index contributed by atoms with van der Waals surface area (Å²) in [4.78, 5) is 10.1. The fourth-order valence-corrected chi connectivity index (χ4v) is 2.07. The number of carbonyl (C=O) groups excluding carboxylic acids is 1. The van der Waals surface area contributed by atoms with Gasteiger partial charge in [-0.15, -0.1) is 0 Å². The van der Waals surface area contributed by atoms with Crippen LogP contribution >= 0.6 is 0 Å². The molecule has 0 radical (unpaired) electrons. The van der Waals surface area contributed by atoms with Crippen molar-refractivity contribution in [1.82, 2.24) is 4.72 Å². The van der Waals surface area contributed by atoms with E-state index < -0.39 is 22.5 Å². The molecule has 0 aromatic rings. The minimum absolute atomic E-state index is 0. The number of carbonyl (C=O) groups is 1. The summed E-state index contributed by atoms with van der Waals surface area (Å²) < 4.78 is 24.3. The maximum absolute atomic E-state index is 11.2. The van der Waals surface area contributed by atoms with Crippen molar-refractivity contribution in [2.24, 2.45) is 0 Å². The first-order chi connectivity index (χ1) is 7.98. The number of unbranched alkanes of at least 4 members (excludes halogenated alkanes) is 5. The summed E-state index contributed by atoms with van der Waals surface area (Å²) in [7, 11) is -3.63. The van der Waals surface area contributed by atoms with Crippen molar-refractivity contribution in [2.45, 2.75) is 45.4 Å². The molecule has 0 aliphatic carbocycles. The van der Waals surface area contributed by atoms with Crippen molar-refractivity contribution >= 4 is 16.0 Å². The van der Waals surface area contributed by atoms with Crippen molar-refractivity contribution in [3.05, 3.63) is 11.5 Å². The van der Waals surface area contributed by atoms with Gasteiger partial charge in [0, 0.05) is 5.41 Å². The molecule has 0 rings (SSSR count). The third kappa shape index (κ3) is 14.2. The summed E-state index contributed by atoms with van der Waals surface area (Å²) in [5, 5.41) is 11.1. The molecule has 0 atom stereocenters. The van der Waals surface area contributed by atoms with E-state index in [1.165, 1.54) is 19.3 Å². The van der Waals surface area contributed by atoms with Crippen LogP contribution in [0.5, 0.6) is 0 Å². The molecular formula is C11H20NNaO4S. The van der Waals surface area contributed by atoms with Crippen LogP contribution in [0.15, 0.2) is 11.5 Å². The van der Waals surface area contributed by atoms with E-state index in [4.69, 9.17) is 0 Å². The summed E-state index contributed by atoms with van der Waals surface area (Å²) in [6.45, 7) is 1.44. The zero-order valence-electron chi connectivity index (χ0n) is 11.1. The van der Waals surface area contributed by atoms with Crippen LogP contribution in [0.1, 0.15) is 45.4 Å². The SMILES string of the molecule is CCCCCCC/C=C/S(=O)(=O)NCC(=O)[O-].[Na+].